The van der Waals surface area contributed by atoms with Crippen molar-refractivity contribution in [1.29, 1.82) is 5.26 Å². The highest BCUT2D eigenvalue weighted by Gasteiger charge is 2.48. The average Bonchev–Trinajstić information content (AvgIpc) is 2.40. The number of ether oxygens (including phenoxy) is 1. The first-order valence-electron chi connectivity index (χ1n) is 6.60. The van der Waals surface area contributed by atoms with Gasteiger partial charge in [0.25, 0.3) is 0 Å². The summed E-state index contributed by atoms with van der Waals surface area (Å²) >= 11 is 0. The van der Waals surface area contributed by atoms with Gasteiger partial charge in [-0.1, -0.05) is 13.8 Å². The predicted octanol–water partition coefficient (Wildman–Crippen LogP) is 2.12. The highest BCUT2D eigenvalue weighted by Crippen LogP contribution is 2.32. The highest BCUT2D eigenvalue weighted by atomic mass is 16.5. The second-order valence-corrected chi connectivity index (χ2v) is 5.04. The van der Waals surface area contributed by atoms with E-state index in [1.165, 1.54) is 4.90 Å². The Labute approximate surface area is 115 Å². The molecule has 0 aliphatic carbocycles. The largest absolute Gasteiger partial charge is 0.465 e. The highest BCUT2D eigenvalue weighted by molar-refractivity contribution is 6.02. The Morgan fingerprint density at radius 1 is 1.21 bits per heavy atom. The lowest BCUT2D eigenvalue weighted by Gasteiger charge is -2.37. The van der Waals surface area contributed by atoms with E-state index < -0.39 is 16.9 Å². The number of rotatable bonds is 6. The molecule has 5 nitrogen and oxygen atoms in total. The summed E-state index contributed by atoms with van der Waals surface area (Å²) in [7, 11) is 1.55. The molecule has 0 fully saturated rings. The van der Waals surface area contributed by atoms with Crippen LogP contribution in [0.25, 0.3) is 0 Å². The minimum Gasteiger partial charge on any atom is -0.465 e. The molecule has 0 rings (SSSR count). The molecule has 1 amide bonds. The van der Waals surface area contributed by atoms with Crippen molar-refractivity contribution in [2.75, 3.05) is 13.7 Å². The minimum absolute atomic E-state index is 0.235. The third-order valence-electron chi connectivity index (χ3n) is 3.70. The quantitative estimate of drug-likeness (QED) is 0.546. The van der Waals surface area contributed by atoms with Crippen molar-refractivity contribution in [3.05, 3.63) is 0 Å². The molecule has 19 heavy (non-hydrogen) atoms. The first kappa shape index (κ1) is 17.4. The summed E-state index contributed by atoms with van der Waals surface area (Å²) in [6.07, 6.45) is 0.708. The fraction of sp³-hybridized carbons (Fsp3) is 0.786. The van der Waals surface area contributed by atoms with Gasteiger partial charge >= 0.3 is 5.97 Å². The Morgan fingerprint density at radius 3 is 2.00 bits per heavy atom. The van der Waals surface area contributed by atoms with Gasteiger partial charge in [0.05, 0.1) is 12.7 Å². The lowest BCUT2D eigenvalue weighted by atomic mass is 9.80. The molecule has 0 heterocycles. The van der Waals surface area contributed by atoms with Crippen LogP contribution < -0.4 is 0 Å². The smallest absolute Gasteiger partial charge is 0.321 e. The molecule has 0 bridgehead atoms. The molecular weight excluding hydrogens is 244 g/mol. The zero-order valence-electron chi connectivity index (χ0n) is 12.7. The number of hydrogen-bond acceptors (Lipinski definition) is 4. The molecule has 0 atom stereocenters. The van der Waals surface area contributed by atoms with Gasteiger partial charge < -0.3 is 9.64 Å². The molecule has 5 heteroatoms. The maximum absolute atomic E-state index is 12.6. The Morgan fingerprint density at radius 2 is 1.68 bits per heavy atom. The lowest BCUT2D eigenvalue weighted by Crippen LogP contribution is -2.54. The van der Waals surface area contributed by atoms with Crippen LogP contribution in [0.1, 0.15) is 47.5 Å². The summed E-state index contributed by atoms with van der Waals surface area (Å²) in [5.74, 6) is -0.868. The van der Waals surface area contributed by atoms with Crippen LogP contribution in [-0.4, -0.2) is 36.0 Å². The zero-order valence-corrected chi connectivity index (χ0v) is 12.7. The van der Waals surface area contributed by atoms with Crippen LogP contribution in [0.15, 0.2) is 0 Å². The van der Waals surface area contributed by atoms with Crippen molar-refractivity contribution >= 4 is 11.9 Å². The molecule has 0 aromatic rings. The van der Waals surface area contributed by atoms with E-state index in [-0.39, 0.29) is 12.5 Å². The van der Waals surface area contributed by atoms with E-state index in [1.807, 2.05) is 0 Å². The monoisotopic (exact) mass is 268 g/mol. The van der Waals surface area contributed by atoms with Crippen LogP contribution in [-0.2, 0) is 14.3 Å². The molecular formula is C14H24N2O3. The van der Waals surface area contributed by atoms with Crippen LogP contribution in [0.2, 0.25) is 0 Å². The molecule has 0 aliphatic heterocycles. The SMILES string of the molecule is CCOC(=O)C(CC)(CC)C(=O)N(C)C(C)(C)C#N. The minimum atomic E-state index is -1.20. The first-order chi connectivity index (χ1) is 8.73. The predicted molar refractivity (Wildman–Crippen MR) is 72.1 cm³/mol. The van der Waals surface area contributed by atoms with Crippen molar-refractivity contribution in [2.24, 2.45) is 5.41 Å². The zero-order chi connectivity index (χ0) is 15.3. The van der Waals surface area contributed by atoms with E-state index in [4.69, 9.17) is 10.00 Å². The molecule has 0 aliphatic rings. The molecule has 0 N–H and O–H groups in total. The molecule has 0 aromatic carbocycles. The molecule has 0 aromatic heterocycles. The summed E-state index contributed by atoms with van der Waals surface area (Å²) in [6.45, 7) is 8.80. The Kier molecular flexibility index (Phi) is 6.01. The molecule has 0 unspecified atom stereocenters. The summed E-state index contributed by atoms with van der Waals surface area (Å²) in [5, 5.41) is 9.11. The van der Waals surface area contributed by atoms with E-state index in [0.29, 0.717) is 12.8 Å². The van der Waals surface area contributed by atoms with E-state index in [9.17, 15) is 9.59 Å². The number of carbonyl (C=O) groups excluding carboxylic acids is 2. The van der Waals surface area contributed by atoms with Crippen molar-refractivity contribution < 1.29 is 14.3 Å². The fourth-order valence-corrected chi connectivity index (χ4v) is 1.85. The van der Waals surface area contributed by atoms with E-state index >= 15 is 0 Å². The van der Waals surface area contributed by atoms with Crippen LogP contribution in [0.3, 0.4) is 0 Å². The van der Waals surface area contributed by atoms with Gasteiger partial charge in [-0.15, -0.1) is 0 Å². The molecule has 0 saturated heterocycles. The number of nitriles is 1. The number of amides is 1. The molecule has 0 saturated carbocycles. The second-order valence-electron chi connectivity index (χ2n) is 5.04. The van der Waals surface area contributed by atoms with Crippen molar-refractivity contribution in [2.45, 2.75) is 53.0 Å². The Bertz CT molecular complexity index is 379. The maximum atomic E-state index is 12.6. The number of esters is 1. The summed E-state index contributed by atoms with van der Waals surface area (Å²) in [6, 6.07) is 2.07. The third kappa shape index (κ3) is 3.25. The molecule has 0 radical (unpaired) electrons. The van der Waals surface area contributed by atoms with Crippen LogP contribution in [0, 0.1) is 16.7 Å². The van der Waals surface area contributed by atoms with E-state index in [2.05, 4.69) is 6.07 Å². The van der Waals surface area contributed by atoms with Gasteiger partial charge in [0.1, 0.15) is 11.0 Å². The van der Waals surface area contributed by atoms with Gasteiger partial charge in [-0.25, -0.2) is 0 Å². The van der Waals surface area contributed by atoms with Gasteiger partial charge in [-0.05, 0) is 33.6 Å². The van der Waals surface area contributed by atoms with Gasteiger partial charge in [0.15, 0.2) is 0 Å². The number of carbonyl (C=O) groups is 2. The number of hydrogen-bond donors (Lipinski definition) is 0. The normalized spacial score (nSPS) is 11.6. The van der Waals surface area contributed by atoms with Gasteiger partial charge in [-0.3, -0.25) is 9.59 Å². The van der Waals surface area contributed by atoms with E-state index in [1.54, 1.807) is 41.7 Å². The average molecular weight is 268 g/mol. The molecule has 0 spiro atoms. The van der Waals surface area contributed by atoms with E-state index in [0.717, 1.165) is 0 Å². The van der Waals surface area contributed by atoms with Gasteiger partial charge in [0, 0.05) is 7.05 Å². The Hall–Kier alpha value is -1.57. The van der Waals surface area contributed by atoms with Crippen LogP contribution in [0.4, 0.5) is 0 Å². The first-order valence-corrected chi connectivity index (χ1v) is 6.60. The van der Waals surface area contributed by atoms with Crippen molar-refractivity contribution in [3.63, 3.8) is 0 Å². The standard InChI is InChI=1S/C14H24N2O3/c1-7-14(8-2,12(18)19-9-3)11(17)16(6)13(4,5)10-15/h7-9H2,1-6H3. The lowest BCUT2D eigenvalue weighted by molar-refractivity contribution is -0.166. The molecule has 108 valence electrons. The number of nitrogens with zero attached hydrogens (tertiary/aromatic N) is 2. The Balaban J connectivity index is 5.49. The van der Waals surface area contributed by atoms with Crippen molar-refractivity contribution in [3.8, 4) is 6.07 Å². The summed E-state index contributed by atoms with van der Waals surface area (Å²) < 4.78 is 5.04. The topological polar surface area (TPSA) is 70.4 Å². The van der Waals surface area contributed by atoms with Crippen molar-refractivity contribution in [1.82, 2.24) is 4.90 Å². The van der Waals surface area contributed by atoms with Gasteiger partial charge in [0.2, 0.25) is 5.91 Å². The summed E-state index contributed by atoms with van der Waals surface area (Å²) in [4.78, 5) is 26.1. The fourth-order valence-electron chi connectivity index (χ4n) is 1.85. The van der Waals surface area contributed by atoms with Gasteiger partial charge in [-0.2, -0.15) is 5.26 Å². The van der Waals surface area contributed by atoms with Crippen LogP contribution >= 0.6 is 0 Å². The van der Waals surface area contributed by atoms with Crippen LogP contribution in [0.5, 0.6) is 0 Å². The third-order valence-corrected chi connectivity index (χ3v) is 3.70. The maximum Gasteiger partial charge on any atom is 0.321 e. The summed E-state index contributed by atoms with van der Waals surface area (Å²) in [5.41, 5.74) is -2.15. The second kappa shape index (κ2) is 6.55.